The Morgan fingerprint density at radius 1 is 1.10 bits per heavy atom. The van der Waals surface area contributed by atoms with Gasteiger partial charge in [0.05, 0.1) is 0 Å². The molecule has 0 bridgehead atoms. The molecule has 1 aromatic heterocycles. The molecule has 2 N–H and O–H groups in total. The Bertz CT molecular complexity index is 596. The number of pyridine rings is 1. The van der Waals surface area contributed by atoms with Crippen LogP contribution >= 0.6 is 0 Å². The summed E-state index contributed by atoms with van der Waals surface area (Å²) in [5, 5.41) is 5.56. The molecule has 0 saturated heterocycles. The van der Waals surface area contributed by atoms with E-state index in [2.05, 4.69) is 34.7 Å². The summed E-state index contributed by atoms with van der Waals surface area (Å²) in [6.07, 6.45) is 0.821. The lowest BCUT2D eigenvalue weighted by Gasteiger charge is -2.08. The molecular formula is C16H19N3O. The molecule has 0 aliphatic rings. The van der Waals surface area contributed by atoms with E-state index in [1.54, 1.807) is 6.07 Å². The first kappa shape index (κ1) is 14.1. The second-order valence-electron chi connectivity index (χ2n) is 4.72. The number of aryl methyl sites for hydroxylation is 2. The number of carbonyl (C=O) groups excluding carboxylic acids is 1. The summed E-state index contributed by atoms with van der Waals surface area (Å²) in [6, 6.07) is 13.5. The van der Waals surface area contributed by atoms with Gasteiger partial charge in [0.25, 0.3) is 0 Å². The lowest BCUT2D eigenvalue weighted by atomic mass is 10.1. The van der Waals surface area contributed by atoms with Gasteiger partial charge in [-0.25, -0.2) is 9.78 Å². The number of aromatic nitrogens is 1. The van der Waals surface area contributed by atoms with Crippen LogP contribution in [-0.2, 0) is 6.42 Å². The van der Waals surface area contributed by atoms with Gasteiger partial charge in [0.2, 0.25) is 0 Å². The molecule has 20 heavy (non-hydrogen) atoms. The molecule has 0 atom stereocenters. The third-order valence-corrected chi connectivity index (χ3v) is 3.07. The first-order valence-electron chi connectivity index (χ1n) is 6.68. The fourth-order valence-electron chi connectivity index (χ4n) is 1.97. The quantitative estimate of drug-likeness (QED) is 0.896. The first-order chi connectivity index (χ1) is 9.65. The van der Waals surface area contributed by atoms with Crippen molar-refractivity contribution in [2.24, 2.45) is 0 Å². The Balaban J connectivity index is 1.80. The number of amides is 2. The molecule has 0 saturated carbocycles. The van der Waals surface area contributed by atoms with Gasteiger partial charge in [0, 0.05) is 12.2 Å². The lowest BCUT2D eigenvalue weighted by molar-refractivity contribution is 0.252. The molecule has 0 aliphatic carbocycles. The van der Waals surface area contributed by atoms with E-state index >= 15 is 0 Å². The van der Waals surface area contributed by atoms with Crippen molar-refractivity contribution in [2.45, 2.75) is 20.3 Å². The summed E-state index contributed by atoms with van der Waals surface area (Å²) in [7, 11) is 0. The summed E-state index contributed by atoms with van der Waals surface area (Å²) in [4.78, 5) is 16.0. The Kier molecular flexibility index (Phi) is 4.71. The second-order valence-corrected chi connectivity index (χ2v) is 4.72. The number of hydrogen-bond donors (Lipinski definition) is 2. The van der Waals surface area contributed by atoms with Crippen molar-refractivity contribution in [3.05, 3.63) is 59.3 Å². The van der Waals surface area contributed by atoms with Gasteiger partial charge >= 0.3 is 6.03 Å². The maximum atomic E-state index is 11.7. The minimum Gasteiger partial charge on any atom is -0.337 e. The molecule has 2 rings (SSSR count). The zero-order chi connectivity index (χ0) is 14.4. The maximum Gasteiger partial charge on any atom is 0.320 e. The molecule has 0 fully saturated rings. The van der Waals surface area contributed by atoms with Crippen LogP contribution in [0.2, 0.25) is 0 Å². The van der Waals surface area contributed by atoms with Crippen LogP contribution in [0.3, 0.4) is 0 Å². The first-order valence-corrected chi connectivity index (χ1v) is 6.68. The molecule has 0 spiro atoms. The molecule has 0 unspecified atom stereocenters. The van der Waals surface area contributed by atoms with Gasteiger partial charge in [-0.05, 0) is 43.5 Å². The highest BCUT2D eigenvalue weighted by molar-refractivity contribution is 5.88. The summed E-state index contributed by atoms with van der Waals surface area (Å²) in [5.74, 6) is 0.568. The summed E-state index contributed by atoms with van der Waals surface area (Å²) >= 11 is 0. The van der Waals surface area contributed by atoms with Crippen LogP contribution in [0.25, 0.3) is 0 Å². The minimum absolute atomic E-state index is 0.225. The van der Waals surface area contributed by atoms with Crippen molar-refractivity contribution >= 4 is 11.8 Å². The predicted molar refractivity (Wildman–Crippen MR) is 80.9 cm³/mol. The molecule has 4 nitrogen and oxygen atoms in total. The van der Waals surface area contributed by atoms with E-state index in [0.717, 1.165) is 12.1 Å². The molecule has 1 heterocycles. The van der Waals surface area contributed by atoms with Crippen molar-refractivity contribution < 1.29 is 4.79 Å². The Labute approximate surface area is 119 Å². The van der Waals surface area contributed by atoms with E-state index in [9.17, 15) is 4.79 Å². The van der Waals surface area contributed by atoms with Crippen LogP contribution in [0.4, 0.5) is 10.6 Å². The fraction of sp³-hybridized carbons (Fsp3) is 0.250. The smallest absolute Gasteiger partial charge is 0.320 e. The molecule has 2 aromatic rings. The van der Waals surface area contributed by atoms with E-state index in [-0.39, 0.29) is 6.03 Å². The third kappa shape index (κ3) is 4.09. The second kappa shape index (κ2) is 6.70. The Morgan fingerprint density at radius 2 is 1.90 bits per heavy atom. The predicted octanol–water partition coefficient (Wildman–Crippen LogP) is 3.06. The van der Waals surface area contributed by atoms with E-state index in [0.29, 0.717) is 12.4 Å². The van der Waals surface area contributed by atoms with Crippen LogP contribution in [0.15, 0.2) is 42.5 Å². The number of anilines is 1. The van der Waals surface area contributed by atoms with Crippen LogP contribution in [0.5, 0.6) is 0 Å². The van der Waals surface area contributed by atoms with Gasteiger partial charge < -0.3 is 5.32 Å². The Morgan fingerprint density at radius 3 is 2.65 bits per heavy atom. The fourth-order valence-corrected chi connectivity index (χ4v) is 1.97. The molecule has 4 heteroatoms. The Hall–Kier alpha value is -2.36. The van der Waals surface area contributed by atoms with Crippen LogP contribution in [-0.4, -0.2) is 17.6 Å². The average Bonchev–Trinajstić information content (AvgIpc) is 2.41. The number of hydrogen-bond acceptors (Lipinski definition) is 2. The monoisotopic (exact) mass is 269 g/mol. The highest BCUT2D eigenvalue weighted by Crippen LogP contribution is 2.07. The third-order valence-electron chi connectivity index (χ3n) is 3.07. The van der Waals surface area contributed by atoms with Crippen molar-refractivity contribution in [1.29, 1.82) is 0 Å². The molecule has 0 radical (unpaired) electrons. The van der Waals surface area contributed by atoms with Gasteiger partial charge in [-0.1, -0.05) is 30.3 Å². The molecule has 104 valence electrons. The van der Waals surface area contributed by atoms with Crippen molar-refractivity contribution in [1.82, 2.24) is 10.3 Å². The highest BCUT2D eigenvalue weighted by atomic mass is 16.2. The number of urea groups is 1. The van der Waals surface area contributed by atoms with Crippen LogP contribution in [0, 0.1) is 13.8 Å². The van der Waals surface area contributed by atoms with E-state index in [4.69, 9.17) is 0 Å². The van der Waals surface area contributed by atoms with Crippen molar-refractivity contribution in [3.63, 3.8) is 0 Å². The number of carbonyl (C=O) groups is 1. The molecule has 0 aliphatic heterocycles. The topological polar surface area (TPSA) is 54.0 Å². The zero-order valence-electron chi connectivity index (χ0n) is 11.8. The number of nitrogens with one attached hydrogen (secondary N) is 2. The van der Waals surface area contributed by atoms with Crippen molar-refractivity contribution in [2.75, 3.05) is 11.9 Å². The standard InChI is InChI=1S/C16H19N3O/c1-12-6-3-4-8-14(12)10-11-17-16(20)19-15-9-5-7-13(2)18-15/h3-9H,10-11H2,1-2H3,(H2,17,18,19,20). The highest BCUT2D eigenvalue weighted by Gasteiger charge is 2.03. The summed E-state index contributed by atoms with van der Waals surface area (Å²) in [6.45, 7) is 4.57. The van der Waals surface area contributed by atoms with Gasteiger partial charge in [0.1, 0.15) is 5.82 Å². The average molecular weight is 269 g/mol. The minimum atomic E-state index is -0.225. The number of nitrogens with zero attached hydrogens (tertiary/aromatic N) is 1. The largest absolute Gasteiger partial charge is 0.337 e. The van der Waals surface area contributed by atoms with E-state index in [1.165, 1.54) is 11.1 Å². The molecule has 1 aromatic carbocycles. The van der Waals surface area contributed by atoms with E-state index < -0.39 is 0 Å². The van der Waals surface area contributed by atoms with E-state index in [1.807, 2.05) is 31.2 Å². The SMILES string of the molecule is Cc1cccc(NC(=O)NCCc2ccccc2C)n1. The number of rotatable bonds is 4. The van der Waals surface area contributed by atoms with Crippen LogP contribution in [0.1, 0.15) is 16.8 Å². The van der Waals surface area contributed by atoms with Gasteiger partial charge in [0.15, 0.2) is 0 Å². The van der Waals surface area contributed by atoms with Crippen LogP contribution < -0.4 is 10.6 Å². The summed E-state index contributed by atoms with van der Waals surface area (Å²) in [5.41, 5.74) is 3.37. The maximum absolute atomic E-state index is 11.7. The molecular weight excluding hydrogens is 250 g/mol. The normalized spacial score (nSPS) is 10.1. The zero-order valence-corrected chi connectivity index (χ0v) is 11.8. The summed E-state index contributed by atoms with van der Waals surface area (Å²) < 4.78 is 0. The van der Waals surface area contributed by atoms with Gasteiger partial charge in [-0.15, -0.1) is 0 Å². The lowest BCUT2D eigenvalue weighted by Crippen LogP contribution is -2.30. The van der Waals surface area contributed by atoms with Crippen molar-refractivity contribution in [3.8, 4) is 0 Å². The van der Waals surface area contributed by atoms with Gasteiger partial charge in [-0.3, -0.25) is 5.32 Å². The number of benzene rings is 1. The molecule has 2 amide bonds. The van der Waals surface area contributed by atoms with Gasteiger partial charge in [-0.2, -0.15) is 0 Å².